The van der Waals surface area contributed by atoms with Gasteiger partial charge in [-0.05, 0) is 45.5 Å². The SMILES string of the molecule is CNC1CCCN(Cc2coc(-c3ccc(C)cc3)n2)C1. The highest BCUT2D eigenvalue weighted by atomic mass is 16.3. The number of oxazole rings is 1. The first-order valence-corrected chi connectivity index (χ1v) is 7.65. The normalized spacial score (nSPS) is 19.8. The number of nitrogens with one attached hydrogen (secondary N) is 1. The monoisotopic (exact) mass is 285 g/mol. The van der Waals surface area contributed by atoms with Gasteiger partial charge in [0.05, 0.1) is 5.69 Å². The van der Waals surface area contributed by atoms with Crippen LogP contribution >= 0.6 is 0 Å². The lowest BCUT2D eigenvalue weighted by atomic mass is 10.1. The predicted molar refractivity (Wildman–Crippen MR) is 84.0 cm³/mol. The van der Waals surface area contributed by atoms with Crippen molar-refractivity contribution in [1.82, 2.24) is 15.2 Å². The molecule has 0 saturated carbocycles. The summed E-state index contributed by atoms with van der Waals surface area (Å²) < 4.78 is 5.63. The van der Waals surface area contributed by atoms with Crippen LogP contribution in [0.1, 0.15) is 24.1 Å². The maximum Gasteiger partial charge on any atom is 0.226 e. The molecule has 3 rings (SSSR count). The van der Waals surface area contributed by atoms with E-state index in [1.54, 1.807) is 6.26 Å². The molecule has 1 saturated heterocycles. The third kappa shape index (κ3) is 3.52. The van der Waals surface area contributed by atoms with Gasteiger partial charge in [-0.2, -0.15) is 0 Å². The molecule has 2 aromatic rings. The van der Waals surface area contributed by atoms with Crippen molar-refractivity contribution in [3.8, 4) is 11.5 Å². The third-order valence-corrected chi connectivity index (χ3v) is 4.15. The number of hydrogen-bond donors (Lipinski definition) is 1. The first-order valence-electron chi connectivity index (χ1n) is 7.65. The van der Waals surface area contributed by atoms with Crippen LogP contribution in [0.15, 0.2) is 34.9 Å². The number of benzene rings is 1. The number of aromatic nitrogens is 1. The number of nitrogens with zero attached hydrogens (tertiary/aromatic N) is 2. The summed E-state index contributed by atoms with van der Waals surface area (Å²) in [5.74, 6) is 0.715. The minimum absolute atomic E-state index is 0.599. The number of hydrogen-bond acceptors (Lipinski definition) is 4. The Morgan fingerprint density at radius 1 is 1.33 bits per heavy atom. The highest BCUT2D eigenvalue weighted by molar-refractivity contribution is 5.53. The highest BCUT2D eigenvalue weighted by Crippen LogP contribution is 2.20. The molecule has 0 spiro atoms. The van der Waals surface area contributed by atoms with Crippen LogP contribution in [0.3, 0.4) is 0 Å². The van der Waals surface area contributed by atoms with Crippen molar-refractivity contribution < 1.29 is 4.42 Å². The number of rotatable bonds is 4. The fraction of sp³-hybridized carbons (Fsp3) is 0.471. The molecular weight excluding hydrogens is 262 g/mol. The lowest BCUT2D eigenvalue weighted by molar-refractivity contribution is 0.186. The van der Waals surface area contributed by atoms with Crippen LogP contribution in [0.4, 0.5) is 0 Å². The van der Waals surface area contributed by atoms with E-state index < -0.39 is 0 Å². The van der Waals surface area contributed by atoms with Crippen LogP contribution < -0.4 is 5.32 Å². The van der Waals surface area contributed by atoms with Gasteiger partial charge in [0.2, 0.25) is 5.89 Å². The Balaban J connectivity index is 1.66. The van der Waals surface area contributed by atoms with Crippen molar-refractivity contribution >= 4 is 0 Å². The van der Waals surface area contributed by atoms with Gasteiger partial charge < -0.3 is 9.73 Å². The Kier molecular flexibility index (Phi) is 4.36. The van der Waals surface area contributed by atoms with Gasteiger partial charge in [-0.1, -0.05) is 17.7 Å². The molecule has 1 aromatic heterocycles. The van der Waals surface area contributed by atoms with Gasteiger partial charge in [-0.3, -0.25) is 4.90 Å². The smallest absolute Gasteiger partial charge is 0.226 e. The molecule has 4 heteroatoms. The second kappa shape index (κ2) is 6.41. The van der Waals surface area contributed by atoms with Crippen LogP contribution in [0, 0.1) is 6.92 Å². The number of piperidine rings is 1. The zero-order chi connectivity index (χ0) is 14.7. The van der Waals surface area contributed by atoms with Gasteiger partial charge in [0, 0.05) is 24.7 Å². The van der Waals surface area contributed by atoms with Crippen LogP contribution in [-0.4, -0.2) is 36.1 Å². The average Bonchev–Trinajstić information content (AvgIpc) is 2.96. The fourth-order valence-corrected chi connectivity index (χ4v) is 2.87. The van der Waals surface area contributed by atoms with Crippen molar-refractivity contribution in [2.75, 3.05) is 20.1 Å². The molecule has 1 atom stereocenters. The largest absolute Gasteiger partial charge is 0.444 e. The molecular formula is C17H23N3O. The topological polar surface area (TPSA) is 41.3 Å². The summed E-state index contributed by atoms with van der Waals surface area (Å²) in [6.45, 7) is 5.18. The summed E-state index contributed by atoms with van der Waals surface area (Å²) in [5.41, 5.74) is 3.30. The molecule has 1 aliphatic heterocycles. The van der Waals surface area contributed by atoms with Crippen molar-refractivity contribution in [2.45, 2.75) is 32.4 Å². The number of likely N-dealkylation sites (tertiary alicyclic amines) is 1. The lowest BCUT2D eigenvalue weighted by Crippen LogP contribution is -2.43. The molecule has 1 N–H and O–H groups in total. The third-order valence-electron chi connectivity index (χ3n) is 4.15. The molecule has 1 fully saturated rings. The highest BCUT2D eigenvalue weighted by Gasteiger charge is 2.19. The minimum Gasteiger partial charge on any atom is -0.444 e. The summed E-state index contributed by atoms with van der Waals surface area (Å²) in [4.78, 5) is 7.07. The van der Waals surface area contributed by atoms with Crippen LogP contribution in [0.25, 0.3) is 11.5 Å². The lowest BCUT2D eigenvalue weighted by Gasteiger charge is -2.31. The van der Waals surface area contributed by atoms with Crippen molar-refractivity contribution in [3.63, 3.8) is 0 Å². The molecule has 1 unspecified atom stereocenters. The zero-order valence-electron chi connectivity index (χ0n) is 12.8. The van der Waals surface area contributed by atoms with E-state index in [1.165, 1.54) is 18.4 Å². The van der Waals surface area contributed by atoms with E-state index in [9.17, 15) is 0 Å². The molecule has 2 heterocycles. The summed E-state index contributed by atoms with van der Waals surface area (Å²) in [6.07, 6.45) is 4.30. The fourth-order valence-electron chi connectivity index (χ4n) is 2.87. The van der Waals surface area contributed by atoms with E-state index in [0.29, 0.717) is 11.9 Å². The summed E-state index contributed by atoms with van der Waals surface area (Å²) >= 11 is 0. The average molecular weight is 285 g/mol. The summed E-state index contributed by atoms with van der Waals surface area (Å²) in [7, 11) is 2.04. The Hall–Kier alpha value is -1.65. The summed E-state index contributed by atoms with van der Waals surface area (Å²) in [6, 6.07) is 8.89. The van der Waals surface area contributed by atoms with E-state index in [0.717, 1.165) is 30.9 Å². The Morgan fingerprint density at radius 2 is 2.14 bits per heavy atom. The molecule has 21 heavy (non-hydrogen) atoms. The molecule has 0 bridgehead atoms. The minimum atomic E-state index is 0.599. The molecule has 4 nitrogen and oxygen atoms in total. The van der Waals surface area contributed by atoms with Gasteiger partial charge >= 0.3 is 0 Å². The van der Waals surface area contributed by atoms with E-state index in [2.05, 4.69) is 46.4 Å². The molecule has 0 radical (unpaired) electrons. The standard InChI is InChI=1S/C17H23N3O/c1-13-5-7-14(8-6-13)17-19-16(12-21-17)11-20-9-3-4-15(10-20)18-2/h5-8,12,15,18H,3-4,9-11H2,1-2H3. The molecule has 112 valence electrons. The number of likely N-dealkylation sites (N-methyl/N-ethyl adjacent to an activating group) is 1. The Morgan fingerprint density at radius 3 is 2.90 bits per heavy atom. The van der Waals surface area contributed by atoms with Crippen LogP contribution in [0.5, 0.6) is 0 Å². The molecule has 1 aromatic carbocycles. The maximum absolute atomic E-state index is 5.63. The van der Waals surface area contributed by atoms with Gasteiger partial charge in [0.15, 0.2) is 0 Å². The van der Waals surface area contributed by atoms with Gasteiger partial charge in [0.25, 0.3) is 0 Å². The van der Waals surface area contributed by atoms with Gasteiger partial charge in [0.1, 0.15) is 6.26 Å². The maximum atomic E-state index is 5.63. The van der Waals surface area contributed by atoms with Crippen LogP contribution in [-0.2, 0) is 6.54 Å². The van der Waals surface area contributed by atoms with Crippen LogP contribution in [0.2, 0.25) is 0 Å². The van der Waals surface area contributed by atoms with Crippen molar-refractivity contribution in [2.24, 2.45) is 0 Å². The number of aryl methyl sites for hydroxylation is 1. The quantitative estimate of drug-likeness (QED) is 0.938. The van der Waals surface area contributed by atoms with E-state index in [4.69, 9.17) is 4.42 Å². The van der Waals surface area contributed by atoms with E-state index in [1.807, 2.05) is 7.05 Å². The Bertz CT molecular complexity index is 576. The summed E-state index contributed by atoms with van der Waals surface area (Å²) in [5, 5.41) is 3.37. The van der Waals surface area contributed by atoms with E-state index >= 15 is 0 Å². The first kappa shape index (κ1) is 14.3. The van der Waals surface area contributed by atoms with Crippen molar-refractivity contribution in [1.29, 1.82) is 0 Å². The molecule has 1 aliphatic rings. The first-order chi connectivity index (χ1) is 10.2. The Labute approximate surface area is 126 Å². The van der Waals surface area contributed by atoms with Gasteiger partial charge in [-0.15, -0.1) is 0 Å². The predicted octanol–water partition coefficient (Wildman–Crippen LogP) is 2.83. The molecule has 0 amide bonds. The van der Waals surface area contributed by atoms with Gasteiger partial charge in [-0.25, -0.2) is 4.98 Å². The zero-order valence-corrected chi connectivity index (χ0v) is 12.8. The van der Waals surface area contributed by atoms with Crippen molar-refractivity contribution in [3.05, 3.63) is 41.8 Å². The second-order valence-corrected chi connectivity index (χ2v) is 5.87. The van der Waals surface area contributed by atoms with E-state index in [-0.39, 0.29) is 0 Å². The second-order valence-electron chi connectivity index (χ2n) is 5.87. The molecule has 0 aliphatic carbocycles.